The quantitative estimate of drug-likeness (QED) is 0.378. The van der Waals surface area contributed by atoms with Crippen LogP contribution >= 0.6 is 0 Å². The summed E-state index contributed by atoms with van der Waals surface area (Å²) in [6.07, 6.45) is 17.0. The maximum atomic E-state index is 2.60. The SMILES string of the molecule is CC.CC.CC(C)(C)C.CC1C(C)C(CCCC2C(C)C(C)C3CCCCC32)C2CCCCC12. The van der Waals surface area contributed by atoms with Gasteiger partial charge in [-0.05, 0) is 103 Å². The van der Waals surface area contributed by atoms with Gasteiger partial charge in [0.25, 0.3) is 0 Å². The molecule has 0 saturated heterocycles. The zero-order valence-electron chi connectivity index (χ0n) is 26.1. The fraction of sp³-hybridized carbons (Fsp3) is 1.00. The first kappa shape index (κ1) is 32.0. The van der Waals surface area contributed by atoms with Crippen LogP contribution in [0.5, 0.6) is 0 Å². The average Bonchev–Trinajstić information content (AvgIpc) is 3.21. The molecule has 4 rings (SSSR count). The Bertz CT molecular complexity index is 467. The standard InChI is InChI=1S/C25H44.C5H12.2C2H6/c1-16-18(3)22(24-12-7-5-10-20(16)24)14-9-15-23-19(4)17(2)21-11-6-8-13-25(21)23;1-5(2,3)4;2*1-2/h16-25H,5-15H2,1-4H3;1-4H3;2*1-2H3. The van der Waals surface area contributed by atoms with Crippen LogP contribution in [0.25, 0.3) is 0 Å². The van der Waals surface area contributed by atoms with E-state index >= 15 is 0 Å². The molecule has 4 aliphatic carbocycles. The predicted octanol–water partition coefficient (Wildman–Crippen LogP) is 11.7. The highest BCUT2D eigenvalue weighted by Gasteiger charge is 2.48. The van der Waals surface area contributed by atoms with Crippen molar-refractivity contribution in [3.63, 3.8) is 0 Å². The molecular formula is C34H68. The molecule has 0 aliphatic heterocycles. The molecule has 0 radical (unpaired) electrons. The minimum atomic E-state index is 0.500. The third-order valence-electron chi connectivity index (χ3n) is 10.3. The summed E-state index contributed by atoms with van der Waals surface area (Å²) in [5.74, 6) is 10.5. The highest BCUT2D eigenvalue weighted by molar-refractivity contribution is 4.97. The van der Waals surface area contributed by atoms with Crippen molar-refractivity contribution in [1.82, 2.24) is 0 Å². The van der Waals surface area contributed by atoms with Crippen molar-refractivity contribution < 1.29 is 0 Å². The molecule has 34 heavy (non-hydrogen) atoms. The van der Waals surface area contributed by atoms with Crippen molar-refractivity contribution in [1.29, 1.82) is 0 Å². The molecule has 0 amide bonds. The normalized spacial score (nSPS) is 40.9. The second-order valence-corrected chi connectivity index (χ2v) is 13.9. The van der Waals surface area contributed by atoms with Gasteiger partial charge >= 0.3 is 0 Å². The predicted molar refractivity (Wildman–Crippen MR) is 156 cm³/mol. The van der Waals surface area contributed by atoms with Crippen LogP contribution < -0.4 is 0 Å². The third kappa shape index (κ3) is 8.54. The van der Waals surface area contributed by atoms with Crippen molar-refractivity contribution in [3.05, 3.63) is 0 Å². The number of fused-ring (bicyclic) bond motifs is 2. The summed E-state index contributed by atoms with van der Waals surface area (Å²) in [5, 5.41) is 0. The third-order valence-corrected chi connectivity index (χ3v) is 10.3. The fourth-order valence-electron chi connectivity index (χ4n) is 8.63. The summed E-state index contributed by atoms with van der Waals surface area (Å²) < 4.78 is 0. The van der Waals surface area contributed by atoms with Crippen LogP contribution in [0.15, 0.2) is 0 Å². The molecule has 4 fully saturated rings. The van der Waals surface area contributed by atoms with E-state index in [1.54, 1.807) is 38.5 Å². The summed E-state index contributed by atoms with van der Waals surface area (Å²) in [6, 6.07) is 0. The highest BCUT2D eigenvalue weighted by Crippen LogP contribution is 2.56. The lowest BCUT2D eigenvalue weighted by atomic mass is 9.73. The van der Waals surface area contributed by atoms with Gasteiger partial charge in [-0.1, -0.05) is 115 Å². The Balaban J connectivity index is 0.000000563. The van der Waals surface area contributed by atoms with Gasteiger partial charge < -0.3 is 0 Å². The van der Waals surface area contributed by atoms with E-state index in [0.717, 1.165) is 59.2 Å². The Morgan fingerprint density at radius 2 is 0.735 bits per heavy atom. The van der Waals surface area contributed by atoms with Crippen molar-refractivity contribution in [3.8, 4) is 0 Å². The maximum absolute atomic E-state index is 2.60. The number of rotatable bonds is 4. The van der Waals surface area contributed by atoms with Gasteiger partial charge in [-0.15, -0.1) is 0 Å². The molecule has 0 N–H and O–H groups in total. The molecule has 10 unspecified atom stereocenters. The molecule has 10 atom stereocenters. The monoisotopic (exact) mass is 477 g/mol. The van der Waals surface area contributed by atoms with Gasteiger partial charge in [-0.25, -0.2) is 0 Å². The van der Waals surface area contributed by atoms with Crippen molar-refractivity contribution in [2.24, 2.45) is 64.6 Å². The van der Waals surface area contributed by atoms with Crippen LogP contribution in [0.2, 0.25) is 0 Å². The number of hydrogen-bond acceptors (Lipinski definition) is 0. The van der Waals surface area contributed by atoms with E-state index in [4.69, 9.17) is 0 Å². The molecule has 0 aromatic rings. The van der Waals surface area contributed by atoms with E-state index < -0.39 is 0 Å². The number of hydrogen-bond donors (Lipinski definition) is 0. The van der Waals surface area contributed by atoms with Gasteiger partial charge in [0.1, 0.15) is 0 Å². The van der Waals surface area contributed by atoms with Crippen LogP contribution in [0.4, 0.5) is 0 Å². The zero-order chi connectivity index (χ0) is 26.1. The Morgan fingerprint density at radius 1 is 0.471 bits per heavy atom. The second kappa shape index (κ2) is 15.3. The first-order valence-corrected chi connectivity index (χ1v) is 16.1. The van der Waals surface area contributed by atoms with Crippen molar-refractivity contribution in [2.75, 3.05) is 0 Å². The van der Waals surface area contributed by atoms with E-state index in [2.05, 4.69) is 55.4 Å². The van der Waals surface area contributed by atoms with Gasteiger partial charge in [0, 0.05) is 0 Å². The average molecular weight is 477 g/mol. The molecule has 0 aromatic heterocycles. The lowest BCUT2D eigenvalue weighted by Crippen LogP contribution is -2.22. The highest BCUT2D eigenvalue weighted by atomic mass is 14.5. The summed E-state index contributed by atoms with van der Waals surface area (Å²) in [7, 11) is 0. The van der Waals surface area contributed by atoms with Crippen LogP contribution in [0.1, 0.15) is 154 Å². The molecule has 0 nitrogen and oxygen atoms in total. The molecule has 0 aromatic carbocycles. The molecule has 204 valence electrons. The second-order valence-electron chi connectivity index (χ2n) is 13.9. The van der Waals surface area contributed by atoms with E-state index in [0.29, 0.717) is 5.41 Å². The molecule has 4 aliphatic rings. The van der Waals surface area contributed by atoms with Crippen molar-refractivity contribution in [2.45, 2.75) is 154 Å². The van der Waals surface area contributed by atoms with Gasteiger partial charge in [-0.2, -0.15) is 0 Å². The van der Waals surface area contributed by atoms with E-state index in [-0.39, 0.29) is 0 Å². The van der Waals surface area contributed by atoms with Crippen LogP contribution in [0, 0.1) is 64.6 Å². The smallest absolute Gasteiger partial charge is 0.0352 e. The summed E-state index contributed by atoms with van der Waals surface area (Å²) in [6.45, 7) is 27.1. The van der Waals surface area contributed by atoms with Gasteiger partial charge in [0.05, 0.1) is 0 Å². The lowest BCUT2D eigenvalue weighted by Gasteiger charge is -2.32. The zero-order valence-corrected chi connectivity index (χ0v) is 26.1. The molecule has 0 heterocycles. The Morgan fingerprint density at radius 3 is 1.03 bits per heavy atom. The summed E-state index contributed by atoms with van der Waals surface area (Å²) in [5.41, 5.74) is 0.500. The molecule has 0 spiro atoms. The van der Waals surface area contributed by atoms with Gasteiger partial charge in [0.2, 0.25) is 0 Å². The summed E-state index contributed by atoms with van der Waals surface area (Å²) in [4.78, 5) is 0. The first-order chi connectivity index (χ1) is 16.1. The minimum absolute atomic E-state index is 0.500. The van der Waals surface area contributed by atoms with Crippen molar-refractivity contribution >= 4 is 0 Å². The van der Waals surface area contributed by atoms with E-state index in [1.807, 2.05) is 27.7 Å². The first-order valence-electron chi connectivity index (χ1n) is 16.1. The van der Waals surface area contributed by atoms with Gasteiger partial charge in [0.15, 0.2) is 0 Å². The fourth-order valence-corrected chi connectivity index (χ4v) is 8.63. The summed E-state index contributed by atoms with van der Waals surface area (Å²) >= 11 is 0. The Kier molecular flexibility index (Phi) is 14.4. The molecule has 4 saturated carbocycles. The van der Waals surface area contributed by atoms with E-state index in [1.165, 1.54) is 32.1 Å². The Labute approximate surface area is 218 Å². The topological polar surface area (TPSA) is 0 Å². The molecule has 0 bridgehead atoms. The van der Waals surface area contributed by atoms with Crippen LogP contribution in [0.3, 0.4) is 0 Å². The van der Waals surface area contributed by atoms with Gasteiger partial charge in [-0.3, -0.25) is 0 Å². The van der Waals surface area contributed by atoms with Crippen LogP contribution in [-0.4, -0.2) is 0 Å². The van der Waals surface area contributed by atoms with E-state index in [9.17, 15) is 0 Å². The minimum Gasteiger partial charge on any atom is -0.0683 e. The lowest BCUT2D eigenvalue weighted by molar-refractivity contribution is 0.181. The maximum Gasteiger partial charge on any atom is -0.0352 e. The molecule has 0 heteroatoms. The Hall–Kier alpha value is 0. The molecular weight excluding hydrogens is 408 g/mol. The largest absolute Gasteiger partial charge is 0.0683 e. The van der Waals surface area contributed by atoms with Crippen LogP contribution in [-0.2, 0) is 0 Å².